The molecule has 0 amide bonds. The number of benzene rings is 8. The number of rotatable bonds is 9. The van der Waals surface area contributed by atoms with Crippen LogP contribution in [-0.2, 0) is 0 Å². The molecule has 19 heteroatoms. The zero-order valence-corrected chi connectivity index (χ0v) is 38.3. The summed E-state index contributed by atoms with van der Waals surface area (Å²) in [4.78, 5) is 33.8. The first-order valence-corrected chi connectivity index (χ1v) is 21.4. The number of hydrogen-bond donors (Lipinski definition) is 3. The molecule has 0 atom stereocenters. The normalized spacial score (nSPS) is 10.2. The fraction of sp³-hybridized carbons (Fsp3) is 0.0370. The standard InChI is InChI=1S/C14H9FN2O2.C14H10FNO.C13H10FNO3.C7H6FNO2.C6H5FO/c15-9-1-3-10(4-2-9)19-11-5-6-13-12(7-11)14(8-18)17-16-13;15-11-1-3-12(4-2-11)17-13-5-6-14-10(9-13)7-8-16-14;1-9-8-12(6-7-13(9)15(16)17)18-11-4-2-10(14)3-5-11;1-5-4-6(8)2-3-7(5)9(10)11;7-5-1-3-6(8)4-2-5/h1-8H,(H,16,17);1-9,16H;2-8H,1H3;2-4H,1H3;1-4,8H. The Hall–Kier alpha value is -9.91. The van der Waals surface area contributed by atoms with Crippen molar-refractivity contribution in [1.82, 2.24) is 15.2 Å². The van der Waals surface area contributed by atoms with Crippen molar-refractivity contribution in [3.8, 4) is 40.2 Å². The number of aldehydes is 1. The number of nitrogens with one attached hydrogen (secondary N) is 2. The number of hydrogen-bond acceptors (Lipinski definition) is 10. The number of aromatic hydroxyl groups is 1. The van der Waals surface area contributed by atoms with E-state index < -0.39 is 15.7 Å². The highest BCUT2D eigenvalue weighted by Gasteiger charge is 2.12. The van der Waals surface area contributed by atoms with Crippen LogP contribution in [0.5, 0.6) is 40.2 Å². The summed E-state index contributed by atoms with van der Waals surface area (Å²) in [6.45, 7) is 3.14. The van der Waals surface area contributed by atoms with Crippen LogP contribution in [0.25, 0.3) is 21.8 Å². The SMILES string of the molecule is Cc1cc(F)ccc1[N+](=O)[O-].Cc1cc(Oc2ccc(F)cc2)ccc1[N+](=O)[O-].Fc1ccc(Oc2ccc3[nH]ccc3c2)cc1.O=Cc1[nH]nc2ccc(Oc3ccc(F)cc3)cc12.Oc1ccc(F)cc1. The van der Waals surface area contributed by atoms with Crippen LogP contribution in [0.2, 0.25) is 0 Å². The number of halogens is 5. The molecule has 0 aliphatic rings. The van der Waals surface area contributed by atoms with Gasteiger partial charge in [0.25, 0.3) is 11.4 Å². The summed E-state index contributed by atoms with van der Waals surface area (Å²) < 4.78 is 79.3. The van der Waals surface area contributed by atoms with Crippen LogP contribution in [0.3, 0.4) is 0 Å². The minimum absolute atomic E-state index is 0.0430. The van der Waals surface area contributed by atoms with Gasteiger partial charge in [-0.05, 0) is 178 Å². The fourth-order valence-corrected chi connectivity index (χ4v) is 6.33. The van der Waals surface area contributed by atoms with Crippen LogP contribution in [-0.4, -0.2) is 36.4 Å². The first-order valence-electron chi connectivity index (χ1n) is 21.4. The van der Waals surface area contributed by atoms with Gasteiger partial charge in [-0.2, -0.15) is 5.10 Å². The largest absolute Gasteiger partial charge is 0.508 e. The van der Waals surface area contributed by atoms with E-state index in [1.54, 1.807) is 43.3 Å². The maximum Gasteiger partial charge on any atom is 0.272 e. The quantitative estimate of drug-likeness (QED) is 0.0542. The maximum absolute atomic E-state index is 12.8. The highest BCUT2D eigenvalue weighted by Crippen LogP contribution is 2.29. The second kappa shape index (κ2) is 25.1. The van der Waals surface area contributed by atoms with E-state index in [4.69, 9.17) is 19.3 Å². The number of nitro benzene ring substituents is 2. The Bertz CT molecular complexity index is 3430. The van der Waals surface area contributed by atoms with Gasteiger partial charge in [-0.1, -0.05) is 0 Å². The minimum Gasteiger partial charge on any atom is -0.508 e. The van der Waals surface area contributed by atoms with Crippen LogP contribution < -0.4 is 14.2 Å². The third-order valence-corrected chi connectivity index (χ3v) is 9.89. The predicted molar refractivity (Wildman–Crippen MR) is 263 cm³/mol. The number of nitro groups is 2. The number of ether oxygens (including phenoxy) is 3. The molecule has 73 heavy (non-hydrogen) atoms. The van der Waals surface area contributed by atoms with Crippen molar-refractivity contribution in [3.05, 3.63) is 248 Å². The van der Waals surface area contributed by atoms with E-state index >= 15 is 0 Å². The smallest absolute Gasteiger partial charge is 0.272 e. The van der Waals surface area contributed by atoms with Gasteiger partial charge >= 0.3 is 0 Å². The van der Waals surface area contributed by atoms with Crippen LogP contribution in [0.15, 0.2) is 182 Å². The van der Waals surface area contributed by atoms with Gasteiger partial charge in [-0.3, -0.25) is 30.1 Å². The lowest BCUT2D eigenvalue weighted by Gasteiger charge is -2.06. The number of aryl methyl sites for hydroxylation is 2. The number of carbonyl (C=O) groups excluding carboxylic acids is 1. The van der Waals surface area contributed by atoms with Crippen LogP contribution in [0, 0.1) is 63.2 Å². The van der Waals surface area contributed by atoms with Crippen molar-refractivity contribution in [3.63, 3.8) is 0 Å². The number of aromatic nitrogens is 3. The molecular formula is C54H40F5N5O9. The van der Waals surface area contributed by atoms with Gasteiger partial charge in [0.1, 0.15) is 75.0 Å². The molecule has 0 fully saturated rings. The first kappa shape index (κ1) is 52.5. The van der Waals surface area contributed by atoms with E-state index in [1.165, 1.54) is 104 Å². The summed E-state index contributed by atoms with van der Waals surface area (Å²) in [6.07, 6.45) is 2.59. The predicted octanol–water partition coefficient (Wildman–Crippen LogP) is 14.8. The molecule has 3 N–H and O–H groups in total. The molecular weight excluding hydrogens is 958 g/mol. The van der Waals surface area contributed by atoms with Crippen molar-refractivity contribution < 1.29 is 55.9 Å². The number of aromatic amines is 2. The number of carbonyl (C=O) groups is 1. The first-order chi connectivity index (χ1) is 35.0. The molecule has 0 spiro atoms. The molecule has 0 unspecified atom stereocenters. The van der Waals surface area contributed by atoms with Crippen molar-refractivity contribution in [2.45, 2.75) is 13.8 Å². The fourth-order valence-electron chi connectivity index (χ4n) is 6.33. The molecule has 0 saturated carbocycles. The van der Waals surface area contributed by atoms with Crippen LogP contribution in [0.1, 0.15) is 21.6 Å². The lowest BCUT2D eigenvalue weighted by Crippen LogP contribution is -1.92. The Morgan fingerprint density at radius 2 is 0.918 bits per heavy atom. The van der Waals surface area contributed by atoms with E-state index in [1.807, 2.05) is 30.5 Å². The van der Waals surface area contributed by atoms with Gasteiger partial charge in [0, 0.05) is 45.7 Å². The highest BCUT2D eigenvalue weighted by atomic mass is 19.1. The number of phenols is 1. The molecule has 0 aliphatic heterocycles. The van der Waals surface area contributed by atoms with Gasteiger partial charge in [-0.25, -0.2) is 22.0 Å². The monoisotopic (exact) mass is 997 g/mol. The summed E-state index contributed by atoms with van der Waals surface area (Å²) in [5, 5.41) is 37.9. The molecule has 370 valence electrons. The molecule has 2 aromatic heterocycles. The molecule has 0 aliphatic carbocycles. The highest BCUT2D eigenvalue weighted by molar-refractivity contribution is 5.95. The van der Waals surface area contributed by atoms with Crippen molar-refractivity contribution in [2.24, 2.45) is 0 Å². The molecule has 2 heterocycles. The zero-order chi connectivity index (χ0) is 52.4. The molecule has 0 radical (unpaired) electrons. The molecule has 0 bridgehead atoms. The van der Waals surface area contributed by atoms with E-state index in [0.717, 1.165) is 34.9 Å². The Kier molecular flexibility index (Phi) is 18.0. The Morgan fingerprint density at radius 1 is 0.507 bits per heavy atom. The number of H-pyrrole nitrogens is 2. The molecule has 10 rings (SSSR count). The lowest BCUT2D eigenvalue weighted by molar-refractivity contribution is -0.385. The molecule has 10 aromatic rings. The Morgan fingerprint density at radius 3 is 1.38 bits per heavy atom. The maximum atomic E-state index is 12.8. The van der Waals surface area contributed by atoms with Crippen LogP contribution in [0.4, 0.5) is 33.3 Å². The van der Waals surface area contributed by atoms with Gasteiger partial charge in [-0.15, -0.1) is 0 Å². The second-order valence-electron chi connectivity index (χ2n) is 15.2. The van der Waals surface area contributed by atoms with Crippen molar-refractivity contribution >= 4 is 39.5 Å². The summed E-state index contributed by atoms with van der Waals surface area (Å²) in [5.41, 5.74) is 3.01. The van der Waals surface area contributed by atoms with E-state index in [9.17, 15) is 47.0 Å². The van der Waals surface area contributed by atoms with Gasteiger partial charge in [0.05, 0.1) is 15.4 Å². The summed E-state index contributed by atoms with van der Waals surface area (Å²) in [5.74, 6) is 1.78. The summed E-state index contributed by atoms with van der Waals surface area (Å²) in [7, 11) is 0. The zero-order valence-electron chi connectivity index (χ0n) is 38.3. The van der Waals surface area contributed by atoms with Crippen molar-refractivity contribution in [2.75, 3.05) is 0 Å². The third kappa shape index (κ3) is 15.8. The molecule has 14 nitrogen and oxygen atoms in total. The van der Waals surface area contributed by atoms with Crippen molar-refractivity contribution in [1.29, 1.82) is 0 Å². The third-order valence-electron chi connectivity index (χ3n) is 9.89. The topological polar surface area (TPSA) is 196 Å². The average molecular weight is 998 g/mol. The number of fused-ring (bicyclic) bond motifs is 2. The van der Waals surface area contributed by atoms with E-state index in [0.29, 0.717) is 62.8 Å². The summed E-state index contributed by atoms with van der Waals surface area (Å²) >= 11 is 0. The summed E-state index contributed by atoms with van der Waals surface area (Å²) in [6, 6.07) is 43.0. The molecule has 0 saturated heterocycles. The van der Waals surface area contributed by atoms with Gasteiger partial charge in [0.15, 0.2) is 6.29 Å². The minimum atomic E-state index is -0.533. The second-order valence-corrected chi connectivity index (χ2v) is 15.2. The van der Waals surface area contributed by atoms with E-state index in [-0.39, 0.29) is 40.4 Å². The molecule has 8 aromatic carbocycles. The average Bonchev–Trinajstić information content (AvgIpc) is 4.02. The van der Waals surface area contributed by atoms with E-state index in [2.05, 4.69) is 15.2 Å². The van der Waals surface area contributed by atoms with Gasteiger partial charge < -0.3 is 24.3 Å². The Labute approximate surface area is 411 Å². The lowest BCUT2D eigenvalue weighted by atomic mass is 10.2. The Balaban J connectivity index is 0.000000153. The van der Waals surface area contributed by atoms with Gasteiger partial charge in [0.2, 0.25) is 0 Å². The number of nitrogens with zero attached hydrogens (tertiary/aromatic N) is 3. The van der Waals surface area contributed by atoms with Crippen LogP contribution >= 0.6 is 0 Å². The number of phenolic OH excluding ortho intramolecular Hbond substituents is 1.